The number of rotatable bonds is 3. The van der Waals surface area contributed by atoms with E-state index >= 15 is 0 Å². The number of allylic oxidation sites excluding steroid dienone is 2. The predicted octanol–water partition coefficient (Wildman–Crippen LogP) is 12.6. The van der Waals surface area contributed by atoms with Crippen LogP contribution < -0.4 is 5.32 Å². The number of aromatic nitrogens is 1. The maximum absolute atomic E-state index is 2.58. The summed E-state index contributed by atoms with van der Waals surface area (Å²) in [6, 6.07) is 68.3. The van der Waals surface area contributed by atoms with Gasteiger partial charge in [-0.15, -0.1) is 11.3 Å². The summed E-state index contributed by atoms with van der Waals surface area (Å²) in [4.78, 5) is 0. The lowest BCUT2D eigenvalue weighted by Gasteiger charge is -2.40. The molecule has 2 N–H and O–H groups in total. The first-order chi connectivity index (χ1) is 28.3. The number of nitrogens with two attached hydrogens (primary N) is 1. The van der Waals surface area contributed by atoms with Gasteiger partial charge in [-0.3, -0.25) is 0 Å². The molecule has 2 aromatic heterocycles. The van der Waals surface area contributed by atoms with Crippen molar-refractivity contribution in [3.8, 4) is 16.8 Å². The lowest BCUT2D eigenvalue weighted by Crippen LogP contribution is -2.82. The Kier molecular flexibility index (Phi) is 6.41. The minimum atomic E-state index is -0.537. The van der Waals surface area contributed by atoms with E-state index in [2.05, 4.69) is 204 Å². The number of fused-ring (bicyclic) bond motifs is 16. The van der Waals surface area contributed by atoms with Crippen LogP contribution in [0.4, 0.5) is 0 Å². The molecule has 0 saturated carbocycles. The highest BCUT2D eigenvalue weighted by molar-refractivity contribution is 7.26. The Morgan fingerprint density at radius 1 is 0.526 bits per heavy atom. The third-order valence-corrected chi connectivity index (χ3v) is 14.1. The lowest BCUT2D eigenvalue weighted by molar-refractivity contribution is -0.598. The Morgan fingerprint density at radius 2 is 1.23 bits per heavy atom. The van der Waals surface area contributed by atoms with E-state index < -0.39 is 5.41 Å². The van der Waals surface area contributed by atoms with E-state index in [0.29, 0.717) is 0 Å². The number of thiophene rings is 1. The number of nitrogens with zero attached hydrogens (tertiary/aromatic N) is 1. The van der Waals surface area contributed by atoms with E-state index in [-0.39, 0.29) is 6.04 Å². The topological polar surface area (TPSA) is 21.5 Å². The van der Waals surface area contributed by atoms with Crippen molar-refractivity contribution >= 4 is 64.6 Å². The summed E-state index contributed by atoms with van der Waals surface area (Å²) in [5.41, 5.74) is 17.6. The molecule has 13 rings (SSSR count). The third-order valence-electron chi connectivity index (χ3n) is 12.9. The maximum Gasteiger partial charge on any atom is 0.138 e. The van der Waals surface area contributed by atoms with Crippen LogP contribution in [0.5, 0.6) is 0 Å². The van der Waals surface area contributed by atoms with Gasteiger partial charge in [0, 0.05) is 48.1 Å². The van der Waals surface area contributed by atoms with Crippen LogP contribution >= 0.6 is 11.3 Å². The zero-order valence-corrected chi connectivity index (χ0v) is 31.8. The highest BCUT2D eigenvalue weighted by Gasteiger charge is 2.51. The highest BCUT2D eigenvalue weighted by Crippen LogP contribution is 2.62. The number of hydrogen-bond acceptors (Lipinski definition) is 1. The summed E-state index contributed by atoms with van der Waals surface area (Å²) in [6.07, 6.45) is 4.87. The van der Waals surface area contributed by atoms with Gasteiger partial charge < -0.3 is 9.88 Å². The number of quaternary nitrogens is 1. The molecule has 2 aliphatic heterocycles. The molecule has 3 heteroatoms. The van der Waals surface area contributed by atoms with E-state index in [9.17, 15) is 0 Å². The Hall–Kier alpha value is -6.78. The van der Waals surface area contributed by atoms with Gasteiger partial charge in [0.05, 0.1) is 22.1 Å². The zero-order chi connectivity index (χ0) is 37.2. The quantitative estimate of drug-likeness (QED) is 0.186. The van der Waals surface area contributed by atoms with Gasteiger partial charge in [-0.25, -0.2) is 0 Å². The SMILES string of the molecule is C1=C(c2ccc3c(c2)C2(c4ccccc4-3)c3ccccc3-n3c4ccccc4c4c5sc6ccccc6c5cc2c43)C=C(c2ccccc2)[NH2+]C1c1ccccc1. The van der Waals surface area contributed by atoms with Crippen molar-refractivity contribution in [2.75, 3.05) is 0 Å². The van der Waals surface area contributed by atoms with Crippen molar-refractivity contribution in [2.45, 2.75) is 11.5 Å². The number of benzene rings is 8. The first-order valence-electron chi connectivity index (χ1n) is 19.9. The molecule has 4 heterocycles. The molecule has 1 spiro atoms. The van der Waals surface area contributed by atoms with Crippen molar-refractivity contribution in [2.24, 2.45) is 0 Å². The first-order valence-corrected chi connectivity index (χ1v) is 20.7. The van der Waals surface area contributed by atoms with Gasteiger partial charge in [-0.2, -0.15) is 0 Å². The second kappa shape index (κ2) is 11.6. The summed E-state index contributed by atoms with van der Waals surface area (Å²) in [6.45, 7) is 0. The van der Waals surface area contributed by atoms with Gasteiger partial charge in [0.25, 0.3) is 0 Å². The Balaban J connectivity index is 1.16. The third kappa shape index (κ3) is 4.17. The van der Waals surface area contributed by atoms with Crippen LogP contribution in [0, 0.1) is 0 Å². The molecule has 2 atom stereocenters. The summed E-state index contributed by atoms with van der Waals surface area (Å²) in [5.74, 6) is 0. The fourth-order valence-electron chi connectivity index (χ4n) is 10.6. The zero-order valence-electron chi connectivity index (χ0n) is 31.0. The smallest absolute Gasteiger partial charge is 0.138 e. The van der Waals surface area contributed by atoms with E-state index in [1.54, 1.807) is 0 Å². The van der Waals surface area contributed by atoms with Crippen molar-refractivity contribution in [3.05, 3.63) is 233 Å². The normalized spacial score (nSPS) is 17.9. The van der Waals surface area contributed by atoms with Crippen LogP contribution in [0.25, 0.3) is 70.1 Å². The van der Waals surface area contributed by atoms with Crippen LogP contribution in [-0.4, -0.2) is 4.57 Å². The van der Waals surface area contributed by atoms with E-state index in [0.717, 1.165) is 0 Å². The highest BCUT2D eigenvalue weighted by atomic mass is 32.1. The molecule has 2 unspecified atom stereocenters. The molecular weight excluding hydrogens is 709 g/mol. The molecule has 0 fully saturated rings. The average Bonchev–Trinajstić information content (AvgIpc) is 3.93. The fraction of sp³-hybridized carbons (Fsp3) is 0.0370. The van der Waals surface area contributed by atoms with Crippen LogP contribution in [0.3, 0.4) is 0 Å². The standard InChI is InChI=1S/C54H34N2S/c1-3-15-33(16-4-1)46-30-36(31-47(55-46)34-17-5-2-6-18-34)35-27-28-38-37-19-7-10-22-42(37)54(44(38)29-35)43-23-11-13-25-49(43)56-48-24-12-8-21-40(48)51-52(56)45(54)32-41-39-20-9-14-26-50(39)57-53(41)51/h1-32,46,55H/p+1. The first kappa shape index (κ1) is 31.4. The summed E-state index contributed by atoms with van der Waals surface area (Å²) >= 11 is 1.93. The molecule has 8 aromatic carbocycles. The lowest BCUT2D eigenvalue weighted by atomic mass is 9.65. The Labute approximate surface area is 334 Å². The van der Waals surface area contributed by atoms with Gasteiger partial charge in [0.2, 0.25) is 0 Å². The molecular formula is C54H35N2S+. The monoisotopic (exact) mass is 743 g/mol. The van der Waals surface area contributed by atoms with Crippen molar-refractivity contribution in [1.29, 1.82) is 0 Å². The minimum Gasteiger partial charge on any atom is -0.309 e. The summed E-state index contributed by atoms with van der Waals surface area (Å²) < 4.78 is 5.28. The molecule has 0 bridgehead atoms. The van der Waals surface area contributed by atoms with Gasteiger partial charge in [0.15, 0.2) is 0 Å². The summed E-state index contributed by atoms with van der Waals surface area (Å²) in [7, 11) is 0. The number of hydrogen-bond donors (Lipinski definition) is 1. The Morgan fingerprint density at radius 3 is 2.11 bits per heavy atom. The van der Waals surface area contributed by atoms with Crippen LogP contribution in [-0.2, 0) is 5.41 Å². The molecule has 2 nitrogen and oxygen atoms in total. The van der Waals surface area contributed by atoms with Gasteiger partial charge in [0.1, 0.15) is 11.7 Å². The van der Waals surface area contributed by atoms with Crippen molar-refractivity contribution < 1.29 is 5.32 Å². The summed E-state index contributed by atoms with van der Waals surface area (Å²) in [5, 5.41) is 7.77. The van der Waals surface area contributed by atoms with Gasteiger partial charge >= 0.3 is 0 Å². The molecule has 0 radical (unpaired) electrons. The second-order valence-electron chi connectivity index (χ2n) is 15.7. The molecule has 1 aliphatic carbocycles. The van der Waals surface area contributed by atoms with E-state index in [1.807, 2.05) is 11.3 Å². The van der Waals surface area contributed by atoms with Gasteiger partial charge in [-0.1, -0.05) is 140 Å². The van der Waals surface area contributed by atoms with Crippen molar-refractivity contribution in [3.63, 3.8) is 0 Å². The molecule has 57 heavy (non-hydrogen) atoms. The van der Waals surface area contributed by atoms with Crippen LogP contribution in [0.2, 0.25) is 0 Å². The van der Waals surface area contributed by atoms with Crippen molar-refractivity contribution in [1.82, 2.24) is 4.57 Å². The second-order valence-corrected chi connectivity index (χ2v) is 16.8. The van der Waals surface area contributed by atoms with Gasteiger partial charge in [-0.05, 0) is 93.1 Å². The fourth-order valence-corrected chi connectivity index (χ4v) is 11.8. The minimum absolute atomic E-state index is 0.154. The predicted molar refractivity (Wildman–Crippen MR) is 238 cm³/mol. The number of para-hydroxylation sites is 2. The molecule has 266 valence electrons. The van der Waals surface area contributed by atoms with E-state index in [1.165, 1.54) is 109 Å². The van der Waals surface area contributed by atoms with E-state index in [4.69, 9.17) is 0 Å². The maximum atomic E-state index is 2.58. The van der Waals surface area contributed by atoms with Crippen LogP contribution in [0.1, 0.15) is 45.0 Å². The van der Waals surface area contributed by atoms with Crippen LogP contribution in [0.15, 0.2) is 194 Å². The average molecular weight is 744 g/mol. The molecule has 3 aliphatic rings. The molecule has 10 aromatic rings. The Bertz CT molecular complexity index is 3380. The molecule has 0 amide bonds. The largest absolute Gasteiger partial charge is 0.309 e. The molecule has 0 saturated heterocycles.